The minimum Gasteiger partial charge on any atom is -0.353 e. The zero-order valence-corrected chi connectivity index (χ0v) is 16.4. The van der Waals surface area contributed by atoms with Gasteiger partial charge in [0.05, 0.1) is 0 Å². The van der Waals surface area contributed by atoms with Crippen molar-refractivity contribution in [2.45, 2.75) is 91.5 Å². The highest BCUT2D eigenvalue weighted by molar-refractivity contribution is 5.92. The summed E-state index contributed by atoms with van der Waals surface area (Å²) >= 11 is 0. The number of carbonyl (C=O) groups is 1. The summed E-state index contributed by atoms with van der Waals surface area (Å²) in [6, 6.07) is 0.410. The molecule has 1 atom stereocenters. The lowest BCUT2D eigenvalue weighted by Gasteiger charge is -2.33. The summed E-state index contributed by atoms with van der Waals surface area (Å²) in [6.07, 6.45) is 13.0. The molecule has 1 amide bonds. The van der Waals surface area contributed by atoms with Crippen LogP contribution in [0.5, 0.6) is 0 Å². The summed E-state index contributed by atoms with van der Waals surface area (Å²) in [6.45, 7) is 11.5. The van der Waals surface area contributed by atoms with Crippen LogP contribution in [0.1, 0.15) is 85.5 Å². The van der Waals surface area contributed by atoms with Crippen LogP contribution in [0.3, 0.4) is 0 Å². The van der Waals surface area contributed by atoms with Gasteiger partial charge in [0.25, 0.3) is 0 Å². The molecule has 1 heterocycles. The molecule has 0 saturated heterocycles. The van der Waals surface area contributed by atoms with E-state index in [1.54, 1.807) is 0 Å². The summed E-state index contributed by atoms with van der Waals surface area (Å²) in [5, 5.41) is 3.35. The smallest absolute Gasteiger partial charge is 0.233 e. The maximum Gasteiger partial charge on any atom is 0.233 e. The van der Waals surface area contributed by atoms with Gasteiger partial charge in [-0.15, -0.1) is 0 Å². The SMILES string of the molecule is CCCC[N+]1=CC(C(=O)NC2CCC(CC(C)(C)C)CC2)CCC1. The largest absolute Gasteiger partial charge is 0.353 e. The first-order chi connectivity index (χ1) is 11.4. The van der Waals surface area contributed by atoms with Crippen molar-refractivity contribution < 1.29 is 9.37 Å². The standard InChI is InChI=1S/C21H38N2O/c1-5-6-13-23-14-7-8-18(16-23)20(24)22-19-11-9-17(10-12-19)15-21(2,3)4/h16-19H,5-15H2,1-4H3/p+1. The molecule has 0 aromatic heterocycles. The molecule has 2 aliphatic rings. The van der Waals surface area contributed by atoms with Crippen LogP contribution in [-0.4, -0.2) is 35.8 Å². The summed E-state index contributed by atoms with van der Waals surface area (Å²) in [5.74, 6) is 1.22. The third-order valence-corrected chi connectivity index (χ3v) is 5.58. The molecule has 1 N–H and O–H groups in total. The molecule has 3 nitrogen and oxygen atoms in total. The average Bonchev–Trinajstić information content (AvgIpc) is 2.53. The molecule has 1 aliphatic carbocycles. The second-order valence-electron chi connectivity index (χ2n) is 9.28. The highest BCUT2D eigenvalue weighted by Crippen LogP contribution is 2.34. The number of hydrogen-bond acceptors (Lipinski definition) is 1. The van der Waals surface area contributed by atoms with Crippen LogP contribution in [0.15, 0.2) is 0 Å². The molecular formula is C21H39N2O+. The number of nitrogens with one attached hydrogen (secondary N) is 1. The normalized spacial score (nSPS) is 28.3. The Balaban J connectivity index is 1.77. The zero-order chi connectivity index (χ0) is 17.6. The second kappa shape index (κ2) is 9.01. The minimum absolute atomic E-state index is 0.0999. The number of hydrogen-bond donors (Lipinski definition) is 1. The predicted molar refractivity (Wildman–Crippen MR) is 102 cm³/mol. The van der Waals surface area contributed by atoms with E-state index in [0.29, 0.717) is 11.5 Å². The molecule has 1 saturated carbocycles. The first kappa shape index (κ1) is 19.5. The van der Waals surface area contributed by atoms with Crippen LogP contribution in [0.2, 0.25) is 0 Å². The number of nitrogens with zero attached hydrogens (tertiary/aromatic N) is 1. The number of amides is 1. The van der Waals surface area contributed by atoms with Gasteiger partial charge in [-0.25, -0.2) is 4.58 Å². The Labute approximate surface area is 149 Å². The van der Waals surface area contributed by atoms with Crippen molar-refractivity contribution in [2.24, 2.45) is 17.3 Å². The Hall–Kier alpha value is -0.860. The van der Waals surface area contributed by atoms with Crippen LogP contribution < -0.4 is 5.32 Å². The van der Waals surface area contributed by atoms with Gasteiger partial charge in [-0.2, -0.15) is 0 Å². The molecule has 1 fully saturated rings. The quantitative estimate of drug-likeness (QED) is 0.717. The van der Waals surface area contributed by atoms with Crippen LogP contribution >= 0.6 is 0 Å². The van der Waals surface area contributed by atoms with E-state index in [2.05, 4.69) is 43.8 Å². The van der Waals surface area contributed by atoms with Crippen LogP contribution in [0.4, 0.5) is 0 Å². The maximum absolute atomic E-state index is 12.6. The van der Waals surface area contributed by atoms with Crippen LogP contribution in [0.25, 0.3) is 0 Å². The van der Waals surface area contributed by atoms with E-state index in [-0.39, 0.29) is 11.8 Å². The summed E-state index contributed by atoms with van der Waals surface area (Å²) in [7, 11) is 0. The van der Waals surface area contributed by atoms with Crippen molar-refractivity contribution in [1.82, 2.24) is 5.32 Å². The summed E-state index contributed by atoms with van der Waals surface area (Å²) < 4.78 is 2.37. The fourth-order valence-electron chi connectivity index (χ4n) is 4.35. The van der Waals surface area contributed by atoms with Crippen molar-refractivity contribution in [3.63, 3.8) is 0 Å². The molecule has 1 unspecified atom stereocenters. The van der Waals surface area contributed by atoms with Gasteiger partial charge in [0.1, 0.15) is 19.0 Å². The predicted octanol–water partition coefficient (Wildman–Crippen LogP) is 4.39. The first-order valence-electron chi connectivity index (χ1n) is 10.3. The lowest BCUT2D eigenvalue weighted by atomic mass is 9.76. The molecule has 138 valence electrons. The topological polar surface area (TPSA) is 32.1 Å². The molecule has 0 radical (unpaired) electrons. The van der Waals surface area contributed by atoms with Gasteiger partial charge in [-0.3, -0.25) is 4.79 Å². The maximum atomic E-state index is 12.6. The van der Waals surface area contributed by atoms with E-state index >= 15 is 0 Å². The Kier molecular flexibility index (Phi) is 7.31. The van der Waals surface area contributed by atoms with E-state index in [4.69, 9.17) is 0 Å². The van der Waals surface area contributed by atoms with E-state index in [1.165, 1.54) is 44.9 Å². The van der Waals surface area contributed by atoms with Gasteiger partial charge in [0, 0.05) is 18.9 Å². The molecule has 1 aliphatic heterocycles. The lowest BCUT2D eigenvalue weighted by Crippen LogP contribution is -2.43. The van der Waals surface area contributed by atoms with Crippen LogP contribution in [-0.2, 0) is 4.79 Å². The van der Waals surface area contributed by atoms with Crippen molar-refractivity contribution in [3.05, 3.63) is 0 Å². The van der Waals surface area contributed by atoms with Gasteiger partial charge in [0.15, 0.2) is 6.21 Å². The molecule has 24 heavy (non-hydrogen) atoms. The molecule has 0 spiro atoms. The van der Waals surface area contributed by atoms with Crippen LogP contribution in [0, 0.1) is 17.3 Å². The molecule has 3 heteroatoms. The van der Waals surface area contributed by atoms with Crippen molar-refractivity contribution in [1.29, 1.82) is 0 Å². The first-order valence-corrected chi connectivity index (χ1v) is 10.3. The fraction of sp³-hybridized carbons (Fsp3) is 0.905. The molecule has 0 aromatic rings. The van der Waals surface area contributed by atoms with Gasteiger partial charge in [-0.1, -0.05) is 34.1 Å². The Morgan fingerprint density at radius 2 is 1.88 bits per heavy atom. The molecule has 0 aromatic carbocycles. The molecular weight excluding hydrogens is 296 g/mol. The number of rotatable bonds is 6. The van der Waals surface area contributed by atoms with E-state index in [9.17, 15) is 4.79 Å². The van der Waals surface area contributed by atoms with Gasteiger partial charge < -0.3 is 5.32 Å². The average molecular weight is 336 g/mol. The van der Waals surface area contributed by atoms with E-state index < -0.39 is 0 Å². The second-order valence-corrected chi connectivity index (χ2v) is 9.28. The summed E-state index contributed by atoms with van der Waals surface area (Å²) in [5.41, 5.74) is 0.430. The zero-order valence-electron chi connectivity index (χ0n) is 16.4. The monoisotopic (exact) mass is 335 g/mol. The Morgan fingerprint density at radius 3 is 2.50 bits per heavy atom. The Morgan fingerprint density at radius 1 is 1.17 bits per heavy atom. The molecule has 0 bridgehead atoms. The number of unbranched alkanes of at least 4 members (excludes halogenated alkanes) is 1. The van der Waals surface area contributed by atoms with Crippen molar-refractivity contribution in [3.8, 4) is 0 Å². The van der Waals surface area contributed by atoms with Gasteiger partial charge >= 0.3 is 0 Å². The minimum atomic E-state index is 0.0999. The van der Waals surface area contributed by atoms with Gasteiger partial charge in [-0.05, 0) is 49.9 Å². The third-order valence-electron chi connectivity index (χ3n) is 5.58. The van der Waals surface area contributed by atoms with Gasteiger partial charge in [0.2, 0.25) is 5.91 Å². The van der Waals surface area contributed by atoms with Crippen molar-refractivity contribution in [2.75, 3.05) is 13.1 Å². The van der Waals surface area contributed by atoms with Crippen molar-refractivity contribution >= 4 is 12.1 Å². The third kappa shape index (κ3) is 6.57. The fourth-order valence-corrected chi connectivity index (χ4v) is 4.35. The highest BCUT2D eigenvalue weighted by atomic mass is 16.1. The Bertz CT molecular complexity index is 428. The van der Waals surface area contributed by atoms with E-state index in [1.807, 2.05) is 0 Å². The molecule has 2 rings (SSSR count). The summed E-state index contributed by atoms with van der Waals surface area (Å²) in [4.78, 5) is 12.6. The highest BCUT2D eigenvalue weighted by Gasteiger charge is 2.29. The van der Waals surface area contributed by atoms with E-state index in [0.717, 1.165) is 31.8 Å². The lowest BCUT2D eigenvalue weighted by molar-refractivity contribution is -0.530. The number of carbonyl (C=O) groups excluding carboxylic acids is 1.